The fraction of sp³-hybridized carbons (Fsp3) is 0.250. The van der Waals surface area contributed by atoms with E-state index in [1.54, 1.807) is 0 Å². The van der Waals surface area contributed by atoms with E-state index in [0.29, 0.717) is 0 Å². The van der Waals surface area contributed by atoms with Gasteiger partial charge in [-0.05, 0) is 12.8 Å². The molecule has 1 fully saturated rings. The van der Waals surface area contributed by atoms with E-state index < -0.39 is 16.3 Å². The van der Waals surface area contributed by atoms with Crippen LogP contribution in [0.1, 0.15) is 26.7 Å². The van der Waals surface area contributed by atoms with E-state index in [1.807, 2.05) is 0 Å². The molecule has 0 N–H and O–H groups in total. The highest BCUT2D eigenvalue weighted by Gasteiger charge is 2.47. The van der Waals surface area contributed by atoms with Gasteiger partial charge < -0.3 is 13.8 Å². The minimum absolute atomic E-state index is 0.0178. The van der Waals surface area contributed by atoms with Gasteiger partial charge in [-0.25, -0.2) is 0 Å². The molecular formula is C32H34O3P2. The maximum atomic E-state index is 7.13. The van der Waals surface area contributed by atoms with E-state index >= 15 is 0 Å². The molecule has 1 heterocycles. The molecular weight excluding hydrogens is 494 g/mol. The molecule has 4 aromatic carbocycles. The van der Waals surface area contributed by atoms with Crippen LogP contribution < -0.4 is 21.2 Å². The molecule has 1 saturated heterocycles. The minimum atomic E-state index is -1.03. The smallest absolute Gasteiger partial charge is 0.118 e. The first-order valence-corrected chi connectivity index (χ1v) is 15.6. The van der Waals surface area contributed by atoms with Crippen LogP contribution in [-0.4, -0.2) is 24.4 Å². The van der Waals surface area contributed by atoms with E-state index in [-0.39, 0.29) is 24.4 Å². The van der Waals surface area contributed by atoms with Gasteiger partial charge in [-0.1, -0.05) is 135 Å². The molecule has 0 radical (unpaired) electrons. The first kappa shape index (κ1) is 26.2. The number of benzene rings is 4. The van der Waals surface area contributed by atoms with Crippen LogP contribution >= 0.6 is 16.3 Å². The first-order chi connectivity index (χ1) is 18.3. The Bertz CT molecular complexity index is 1030. The summed E-state index contributed by atoms with van der Waals surface area (Å²) in [4.78, 5) is 0. The summed E-state index contributed by atoms with van der Waals surface area (Å²) in [6.45, 7) is 4.36. The number of rotatable bonds is 10. The van der Waals surface area contributed by atoms with E-state index in [1.165, 1.54) is 21.2 Å². The molecule has 4 aromatic rings. The summed E-state index contributed by atoms with van der Waals surface area (Å²) < 4.78 is 20.9. The summed E-state index contributed by atoms with van der Waals surface area (Å²) in [7, 11) is -2.06. The fourth-order valence-corrected chi connectivity index (χ4v) is 8.61. The van der Waals surface area contributed by atoms with E-state index in [4.69, 9.17) is 13.8 Å². The van der Waals surface area contributed by atoms with Crippen molar-refractivity contribution in [3.63, 3.8) is 0 Å². The lowest BCUT2D eigenvalue weighted by atomic mass is 10.1. The van der Waals surface area contributed by atoms with Crippen LogP contribution in [0.15, 0.2) is 121 Å². The third-order valence-corrected chi connectivity index (χ3v) is 10.6. The molecule has 0 amide bonds. The Morgan fingerprint density at radius 1 is 0.486 bits per heavy atom. The molecule has 3 nitrogen and oxygen atoms in total. The van der Waals surface area contributed by atoms with Crippen LogP contribution in [0, 0.1) is 0 Å². The lowest BCUT2D eigenvalue weighted by molar-refractivity contribution is 0.0115. The second-order valence-electron chi connectivity index (χ2n) is 9.10. The zero-order chi connectivity index (χ0) is 25.5. The summed E-state index contributed by atoms with van der Waals surface area (Å²) in [6.07, 6.45) is 1.38. The van der Waals surface area contributed by atoms with Crippen molar-refractivity contribution in [1.29, 1.82) is 0 Å². The van der Waals surface area contributed by atoms with Gasteiger partial charge in [0.15, 0.2) is 0 Å². The van der Waals surface area contributed by atoms with Crippen molar-refractivity contribution in [3.8, 4) is 0 Å². The maximum Gasteiger partial charge on any atom is 0.118 e. The summed E-state index contributed by atoms with van der Waals surface area (Å²) >= 11 is 0. The van der Waals surface area contributed by atoms with Crippen LogP contribution in [0.3, 0.4) is 0 Å². The van der Waals surface area contributed by atoms with Crippen LogP contribution in [0.25, 0.3) is 0 Å². The molecule has 1 aliphatic rings. The van der Waals surface area contributed by atoms with Crippen molar-refractivity contribution in [3.05, 3.63) is 121 Å². The molecule has 5 heteroatoms. The lowest BCUT2D eigenvalue weighted by Crippen LogP contribution is -2.38. The molecule has 37 heavy (non-hydrogen) atoms. The van der Waals surface area contributed by atoms with Crippen molar-refractivity contribution < 1.29 is 13.8 Å². The summed E-state index contributed by atoms with van der Waals surface area (Å²) in [5, 5.41) is 4.80. The number of hydrogen-bond acceptors (Lipinski definition) is 3. The standard InChI is InChI=1S/C32H34O3P2/c1-3-29-31(34-36(25-17-9-5-10-18-25)26-19-11-6-12-20-26)32(30(4-2)33-29)35-37(27-21-13-7-14-22-27)28-23-15-8-16-24-28/h5-24,29-32H,3-4H2,1-2H3/t29-,30-,31-,32-/m1/s1. The van der Waals surface area contributed by atoms with Gasteiger partial charge in [-0.3, -0.25) is 0 Å². The summed E-state index contributed by atoms with van der Waals surface area (Å²) in [5.41, 5.74) is 0. The highest BCUT2D eigenvalue weighted by Crippen LogP contribution is 2.47. The molecule has 190 valence electrons. The Morgan fingerprint density at radius 3 is 1.00 bits per heavy atom. The molecule has 0 bridgehead atoms. The van der Waals surface area contributed by atoms with Gasteiger partial charge in [-0.2, -0.15) is 0 Å². The highest BCUT2D eigenvalue weighted by atomic mass is 31.1. The Labute approximate surface area is 223 Å². The van der Waals surface area contributed by atoms with Crippen molar-refractivity contribution in [2.45, 2.75) is 51.1 Å². The predicted molar refractivity (Wildman–Crippen MR) is 157 cm³/mol. The van der Waals surface area contributed by atoms with Crippen molar-refractivity contribution in [2.24, 2.45) is 0 Å². The molecule has 0 aromatic heterocycles. The van der Waals surface area contributed by atoms with Crippen molar-refractivity contribution in [2.75, 3.05) is 0 Å². The topological polar surface area (TPSA) is 27.7 Å². The molecule has 1 aliphatic heterocycles. The summed E-state index contributed by atoms with van der Waals surface area (Å²) in [6, 6.07) is 42.3. The van der Waals surface area contributed by atoms with Gasteiger partial charge in [0.05, 0.1) is 28.5 Å². The van der Waals surface area contributed by atoms with Crippen molar-refractivity contribution >= 4 is 37.5 Å². The maximum absolute atomic E-state index is 7.13. The van der Waals surface area contributed by atoms with Gasteiger partial charge in [0, 0.05) is 21.2 Å². The zero-order valence-electron chi connectivity index (χ0n) is 21.4. The Kier molecular flexibility index (Phi) is 9.16. The average molecular weight is 529 g/mol. The van der Waals surface area contributed by atoms with E-state index in [0.717, 1.165) is 12.8 Å². The Hall–Kier alpha value is -2.38. The quantitative estimate of drug-likeness (QED) is 0.222. The minimum Gasteiger partial charge on any atom is -0.369 e. The average Bonchev–Trinajstić information content (AvgIpc) is 3.32. The second-order valence-corrected chi connectivity index (χ2v) is 12.8. The summed E-state index contributed by atoms with van der Waals surface area (Å²) in [5.74, 6) is 0. The van der Waals surface area contributed by atoms with Gasteiger partial charge in [0.2, 0.25) is 0 Å². The normalized spacial score (nSPS) is 21.5. The largest absolute Gasteiger partial charge is 0.369 e. The monoisotopic (exact) mass is 528 g/mol. The third-order valence-electron chi connectivity index (χ3n) is 6.63. The Morgan fingerprint density at radius 2 is 0.757 bits per heavy atom. The van der Waals surface area contributed by atoms with E-state index in [2.05, 4.69) is 135 Å². The molecule has 0 aliphatic carbocycles. The van der Waals surface area contributed by atoms with E-state index in [9.17, 15) is 0 Å². The molecule has 0 spiro atoms. The number of hydrogen-bond donors (Lipinski definition) is 0. The molecule has 5 rings (SSSR count). The van der Waals surface area contributed by atoms with Crippen LogP contribution in [0.4, 0.5) is 0 Å². The second kappa shape index (κ2) is 12.9. The lowest BCUT2D eigenvalue weighted by Gasteiger charge is -2.31. The zero-order valence-corrected chi connectivity index (χ0v) is 23.2. The van der Waals surface area contributed by atoms with Gasteiger partial charge in [-0.15, -0.1) is 0 Å². The predicted octanol–water partition coefficient (Wildman–Crippen LogP) is 6.44. The third kappa shape index (κ3) is 6.20. The highest BCUT2D eigenvalue weighted by molar-refractivity contribution is 7.69. The van der Waals surface area contributed by atoms with Crippen LogP contribution in [-0.2, 0) is 13.8 Å². The first-order valence-electron chi connectivity index (χ1n) is 13.1. The van der Waals surface area contributed by atoms with Crippen LogP contribution in [0.5, 0.6) is 0 Å². The van der Waals surface area contributed by atoms with Crippen molar-refractivity contribution in [1.82, 2.24) is 0 Å². The van der Waals surface area contributed by atoms with Gasteiger partial charge >= 0.3 is 0 Å². The molecule has 0 saturated carbocycles. The van der Waals surface area contributed by atoms with Crippen LogP contribution in [0.2, 0.25) is 0 Å². The molecule has 4 atom stereocenters. The van der Waals surface area contributed by atoms with Gasteiger partial charge in [0.25, 0.3) is 0 Å². The Balaban J connectivity index is 1.51. The molecule has 0 unspecified atom stereocenters. The number of ether oxygens (including phenoxy) is 1. The van der Waals surface area contributed by atoms with Gasteiger partial charge in [0.1, 0.15) is 12.2 Å². The fourth-order valence-electron chi connectivity index (χ4n) is 4.75. The SMILES string of the molecule is CC[C@H]1O[C@H](CC)[C@@H](OP(c2ccccc2)c2ccccc2)[C@@H]1OP(c1ccccc1)c1ccccc1.